The molecule has 0 fully saturated rings. The lowest BCUT2D eigenvalue weighted by atomic mass is 10.1. The van der Waals surface area contributed by atoms with Crippen LogP contribution in [0.2, 0.25) is 0 Å². The lowest BCUT2D eigenvalue weighted by molar-refractivity contribution is 0.812. The topological polar surface area (TPSA) is 41.1 Å². The van der Waals surface area contributed by atoms with E-state index in [4.69, 9.17) is 5.26 Å². The van der Waals surface area contributed by atoms with Crippen LogP contribution in [0.4, 0.5) is 0 Å². The van der Waals surface area contributed by atoms with E-state index in [2.05, 4.69) is 41.6 Å². The number of hydrogen-bond donors (Lipinski definition) is 0. The molecule has 0 unspecified atom stereocenters. The van der Waals surface area contributed by atoms with Gasteiger partial charge in [0, 0.05) is 11.1 Å². The quantitative estimate of drug-likeness (QED) is 0.779. The summed E-state index contributed by atoms with van der Waals surface area (Å²) in [5.74, 6) is 0.375. The molecule has 0 saturated carbocycles. The highest BCUT2D eigenvalue weighted by Gasteiger charge is 2.16. The zero-order chi connectivity index (χ0) is 11.0. The second kappa shape index (κ2) is 3.67. The van der Waals surface area contributed by atoms with Crippen molar-refractivity contribution in [2.45, 2.75) is 33.1 Å². The molecule has 4 heteroatoms. The van der Waals surface area contributed by atoms with Crippen LogP contribution in [0.3, 0.4) is 0 Å². The van der Waals surface area contributed by atoms with E-state index in [0.29, 0.717) is 12.3 Å². The summed E-state index contributed by atoms with van der Waals surface area (Å²) < 4.78 is 2.10. The Hall–Kier alpha value is -1.34. The number of nitriles is 1. The Kier molecular flexibility index (Phi) is 2.49. The van der Waals surface area contributed by atoms with Gasteiger partial charge in [-0.2, -0.15) is 5.26 Å². The zero-order valence-corrected chi connectivity index (χ0v) is 9.93. The molecular formula is C11H13N3S. The third kappa shape index (κ3) is 1.53. The molecule has 0 aliphatic heterocycles. The van der Waals surface area contributed by atoms with Gasteiger partial charge in [0.2, 0.25) is 0 Å². The molecule has 0 N–H and O–H groups in total. The first-order valence-corrected chi connectivity index (χ1v) is 5.85. The molecule has 78 valence electrons. The first-order valence-electron chi connectivity index (χ1n) is 4.97. The van der Waals surface area contributed by atoms with Crippen molar-refractivity contribution < 1.29 is 0 Å². The number of hydrogen-bond acceptors (Lipinski definition) is 3. The summed E-state index contributed by atoms with van der Waals surface area (Å²) in [6.07, 6.45) is 0.437. The van der Waals surface area contributed by atoms with Crippen LogP contribution in [-0.2, 0) is 6.42 Å². The standard InChI is InChI=1S/C11H13N3S/c1-7(2)10-9(4-5-12)14-8(3)6-15-11(14)13-10/h6-7H,4H2,1-3H3. The maximum Gasteiger partial charge on any atom is 0.194 e. The molecule has 0 aliphatic rings. The molecule has 0 radical (unpaired) electrons. The Balaban J connectivity index is 2.72. The van der Waals surface area contributed by atoms with Crippen LogP contribution in [0.25, 0.3) is 4.96 Å². The molecule has 2 rings (SSSR count). The molecule has 0 spiro atoms. The van der Waals surface area contributed by atoms with Gasteiger partial charge in [0.15, 0.2) is 4.96 Å². The van der Waals surface area contributed by atoms with E-state index in [-0.39, 0.29) is 0 Å². The second-order valence-electron chi connectivity index (χ2n) is 3.93. The summed E-state index contributed by atoms with van der Waals surface area (Å²) in [4.78, 5) is 5.58. The average Bonchev–Trinajstić information content (AvgIpc) is 2.69. The van der Waals surface area contributed by atoms with Crippen molar-refractivity contribution in [1.82, 2.24) is 9.38 Å². The molecule has 0 bridgehead atoms. The highest BCUT2D eigenvalue weighted by atomic mass is 32.1. The highest BCUT2D eigenvalue weighted by Crippen LogP contribution is 2.25. The van der Waals surface area contributed by atoms with E-state index < -0.39 is 0 Å². The molecule has 0 saturated heterocycles. The van der Waals surface area contributed by atoms with E-state index in [1.54, 1.807) is 11.3 Å². The minimum absolute atomic E-state index is 0.375. The van der Waals surface area contributed by atoms with Crippen molar-refractivity contribution >= 4 is 16.3 Å². The van der Waals surface area contributed by atoms with Crippen LogP contribution in [0.15, 0.2) is 5.38 Å². The van der Waals surface area contributed by atoms with E-state index in [1.807, 2.05) is 0 Å². The molecule has 0 amide bonds. The molecule has 2 aromatic heterocycles. The molecule has 0 aliphatic carbocycles. The Labute approximate surface area is 93.0 Å². The molecule has 3 nitrogen and oxygen atoms in total. The van der Waals surface area contributed by atoms with Crippen LogP contribution in [-0.4, -0.2) is 9.38 Å². The van der Waals surface area contributed by atoms with Crippen LogP contribution < -0.4 is 0 Å². The smallest absolute Gasteiger partial charge is 0.194 e. The lowest BCUT2D eigenvalue weighted by Crippen LogP contribution is -1.98. The van der Waals surface area contributed by atoms with Crippen molar-refractivity contribution in [3.05, 3.63) is 22.5 Å². The predicted octanol–water partition coefficient (Wildman–Crippen LogP) is 2.89. The van der Waals surface area contributed by atoms with Gasteiger partial charge in [-0.1, -0.05) is 13.8 Å². The SMILES string of the molecule is Cc1csc2nc(C(C)C)c(CC#N)n12. The highest BCUT2D eigenvalue weighted by molar-refractivity contribution is 7.15. The first-order chi connectivity index (χ1) is 7.15. The molecule has 2 aromatic rings. The number of thiazole rings is 1. The van der Waals surface area contributed by atoms with Crippen LogP contribution in [0, 0.1) is 18.3 Å². The number of aromatic nitrogens is 2. The van der Waals surface area contributed by atoms with Crippen LogP contribution in [0.5, 0.6) is 0 Å². The Bertz CT molecular complexity index is 528. The lowest BCUT2D eigenvalue weighted by Gasteiger charge is -2.03. The van der Waals surface area contributed by atoms with Gasteiger partial charge < -0.3 is 0 Å². The van der Waals surface area contributed by atoms with Crippen molar-refractivity contribution in [2.75, 3.05) is 0 Å². The normalized spacial score (nSPS) is 11.1. The fourth-order valence-electron chi connectivity index (χ4n) is 1.79. The molecule has 0 atom stereocenters. The number of nitrogens with zero attached hydrogens (tertiary/aromatic N) is 3. The zero-order valence-electron chi connectivity index (χ0n) is 9.11. The molecular weight excluding hydrogens is 206 g/mol. The largest absolute Gasteiger partial charge is 0.291 e. The first kappa shape index (κ1) is 10.2. The van der Waals surface area contributed by atoms with Crippen molar-refractivity contribution in [3.8, 4) is 6.07 Å². The van der Waals surface area contributed by atoms with E-state index >= 15 is 0 Å². The number of rotatable bonds is 2. The summed E-state index contributed by atoms with van der Waals surface area (Å²) in [5.41, 5.74) is 3.28. The van der Waals surface area contributed by atoms with Gasteiger partial charge in [-0.3, -0.25) is 4.40 Å². The molecule has 15 heavy (non-hydrogen) atoms. The Morgan fingerprint density at radius 1 is 1.60 bits per heavy atom. The minimum Gasteiger partial charge on any atom is -0.291 e. The molecule has 2 heterocycles. The maximum atomic E-state index is 8.84. The maximum absolute atomic E-state index is 8.84. The van der Waals surface area contributed by atoms with Crippen molar-refractivity contribution in [3.63, 3.8) is 0 Å². The number of aryl methyl sites for hydroxylation is 1. The van der Waals surface area contributed by atoms with Gasteiger partial charge in [-0.05, 0) is 12.8 Å². The summed E-state index contributed by atoms with van der Waals surface area (Å²) in [7, 11) is 0. The van der Waals surface area contributed by atoms with Crippen LogP contribution >= 0.6 is 11.3 Å². The van der Waals surface area contributed by atoms with Gasteiger partial charge in [0.05, 0.1) is 23.9 Å². The van der Waals surface area contributed by atoms with E-state index in [9.17, 15) is 0 Å². The Morgan fingerprint density at radius 3 is 2.93 bits per heavy atom. The number of imidazole rings is 1. The summed E-state index contributed by atoms with van der Waals surface area (Å²) in [6.45, 7) is 6.28. The monoisotopic (exact) mass is 219 g/mol. The van der Waals surface area contributed by atoms with Crippen molar-refractivity contribution in [1.29, 1.82) is 5.26 Å². The second-order valence-corrected chi connectivity index (χ2v) is 4.76. The van der Waals surface area contributed by atoms with E-state index in [1.165, 1.54) is 5.69 Å². The van der Waals surface area contributed by atoms with Gasteiger partial charge in [-0.15, -0.1) is 11.3 Å². The van der Waals surface area contributed by atoms with Gasteiger partial charge >= 0.3 is 0 Å². The predicted molar refractivity (Wildman–Crippen MR) is 61.2 cm³/mol. The molecule has 0 aromatic carbocycles. The van der Waals surface area contributed by atoms with Gasteiger partial charge in [-0.25, -0.2) is 4.98 Å². The fraction of sp³-hybridized carbons (Fsp3) is 0.455. The third-order valence-corrected chi connectivity index (χ3v) is 3.40. The Morgan fingerprint density at radius 2 is 2.33 bits per heavy atom. The summed E-state index contributed by atoms with van der Waals surface area (Å²) >= 11 is 1.63. The summed E-state index contributed by atoms with van der Waals surface area (Å²) in [6, 6.07) is 2.22. The third-order valence-electron chi connectivity index (χ3n) is 2.45. The minimum atomic E-state index is 0.375. The fourth-order valence-corrected chi connectivity index (χ4v) is 2.68. The average molecular weight is 219 g/mol. The van der Waals surface area contributed by atoms with Gasteiger partial charge in [0.1, 0.15) is 0 Å². The number of fused-ring (bicyclic) bond motifs is 1. The van der Waals surface area contributed by atoms with Gasteiger partial charge in [0.25, 0.3) is 0 Å². The van der Waals surface area contributed by atoms with E-state index in [0.717, 1.165) is 16.3 Å². The summed E-state index contributed by atoms with van der Waals surface area (Å²) in [5, 5.41) is 10.9. The van der Waals surface area contributed by atoms with Crippen LogP contribution in [0.1, 0.15) is 36.8 Å². The van der Waals surface area contributed by atoms with Crippen molar-refractivity contribution in [2.24, 2.45) is 0 Å².